The van der Waals surface area contributed by atoms with Crippen LogP contribution in [0.1, 0.15) is 168 Å². The van der Waals surface area contributed by atoms with Gasteiger partial charge in [-0.2, -0.15) is 0 Å². The van der Waals surface area contributed by atoms with E-state index in [9.17, 15) is 14.4 Å². The van der Waals surface area contributed by atoms with Crippen molar-refractivity contribution in [3.05, 3.63) is 122 Å². The van der Waals surface area contributed by atoms with Crippen LogP contribution in [0, 0.1) is 0 Å². The summed E-state index contributed by atoms with van der Waals surface area (Å²) >= 11 is 0. The Kier molecular flexibility index (Phi) is 42.2. The van der Waals surface area contributed by atoms with Crippen LogP contribution in [-0.2, 0) is 28.6 Å². The topological polar surface area (TPSA) is 78.9 Å². The first-order valence-corrected chi connectivity index (χ1v) is 22.5. The molecule has 0 radical (unpaired) electrons. The van der Waals surface area contributed by atoms with Gasteiger partial charge < -0.3 is 14.2 Å². The maximum absolute atomic E-state index is 12.7. The Morgan fingerprint density at radius 3 is 1.10 bits per heavy atom. The Labute approximate surface area is 354 Å². The van der Waals surface area contributed by atoms with E-state index >= 15 is 0 Å². The maximum Gasteiger partial charge on any atom is 0.306 e. The van der Waals surface area contributed by atoms with Gasteiger partial charge in [0.1, 0.15) is 13.2 Å². The summed E-state index contributed by atoms with van der Waals surface area (Å²) in [5.74, 6) is -1.08. The molecule has 6 heteroatoms. The normalized spacial score (nSPS) is 13.2. The highest BCUT2D eigenvalue weighted by molar-refractivity contribution is 5.71. The third-order valence-corrected chi connectivity index (χ3v) is 8.71. The molecule has 0 bridgehead atoms. The third-order valence-electron chi connectivity index (χ3n) is 8.71. The Bertz CT molecular complexity index is 1290. The maximum atomic E-state index is 12.7. The monoisotopic (exact) mass is 801 g/mol. The number of ether oxygens (including phenoxy) is 3. The largest absolute Gasteiger partial charge is 0.462 e. The van der Waals surface area contributed by atoms with E-state index in [-0.39, 0.29) is 44.0 Å². The summed E-state index contributed by atoms with van der Waals surface area (Å²) in [5.41, 5.74) is 0. The fraction of sp³-hybridized carbons (Fsp3) is 0.558. The number of hydrogen-bond donors (Lipinski definition) is 0. The molecule has 0 rings (SSSR count). The van der Waals surface area contributed by atoms with Gasteiger partial charge in [-0.1, -0.05) is 162 Å². The lowest BCUT2D eigenvalue weighted by Gasteiger charge is -2.18. The zero-order valence-corrected chi connectivity index (χ0v) is 36.8. The van der Waals surface area contributed by atoms with Gasteiger partial charge in [-0.25, -0.2) is 0 Å². The van der Waals surface area contributed by atoms with Crippen molar-refractivity contribution in [3.8, 4) is 0 Å². The number of unbranched alkanes of at least 4 members (excludes halogenated alkanes) is 7. The summed E-state index contributed by atoms with van der Waals surface area (Å²) < 4.78 is 16.6. The second-order valence-electron chi connectivity index (χ2n) is 14.2. The van der Waals surface area contributed by atoms with Crippen LogP contribution < -0.4 is 0 Å². The number of esters is 3. The molecule has 0 heterocycles. The molecular weight excluding hydrogens is 721 g/mol. The van der Waals surface area contributed by atoms with Gasteiger partial charge in [0.25, 0.3) is 0 Å². The molecule has 0 aliphatic rings. The molecule has 0 spiro atoms. The van der Waals surface area contributed by atoms with Gasteiger partial charge >= 0.3 is 17.9 Å². The van der Waals surface area contributed by atoms with Crippen molar-refractivity contribution in [2.45, 2.75) is 175 Å². The van der Waals surface area contributed by atoms with Crippen LogP contribution in [0.4, 0.5) is 0 Å². The second kappa shape index (κ2) is 45.5. The Morgan fingerprint density at radius 2 is 0.655 bits per heavy atom. The Morgan fingerprint density at radius 1 is 0.345 bits per heavy atom. The van der Waals surface area contributed by atoms with Crippen LogP contribution in [0.2, 0.25) is 0 Å². The minimum absolute atomic E-state index is 0.128. The van der Waals surface area contributed by atoms with E-state index in [0.717, 1.165) is 116 Å². The van der Waals surface area contributed by atoms with Crippen LogP contribution in [0.25, 0.3) is 0 Å². The average molecular weight is 801 g/mol. The molecule has 0 aliphatic heterocycles. The minimum atomic E-state index is -0.835. The number of rotatable bonds is 38. The molecule has 0 aliphatic carbocycles. The summed E-state index contributed by atoms with van der Waals surface area (Å²) in [4.78, 5) is 37.7. The molecule has 1 atom stereocenters. The molecule has 0 saturated carbocycles. The molecule has 0 N–H and O–H groups in total. The van der Waals surface area contributed by atoms with E-state index in [1.54, 1.807) is 0 Å². The van der Waals surface area contributed by atoms with Crippen molar-refractivity contribution in [3.63, 3.8) is 0 Å². The third kappa shape index (κ3) is 42.9. The predicted octanol–water partition coefficient (Wildman–Crippen LogP) is 14.6. The summed E-state index contributed by atoms with van der Waals surface area (Å²) in [6, 6.07) is 0. The Balaban J connectivity index is 4.59. The molecule has 58 heavy (non-hydrogen) atoms. The van der Waals surface area contributed by atoms with Gasteiger partial charge in [0, 0.05) is 19.3 Å². The van der Waals surface area contributed by atoms with Crippen LogP contribution in [0.3, 0.4) is 0 Å². The molecule has 0 aromatic heterocycles. The van der Waals surface area contributed by atoms with Crippen LogP contribution >= 0.6 is 0 Å². The highest BCUT2D eigenvalue weighted by Gasteiger charge is 2.19. The molecule has 0 amide bonds. The molecule has 0 aromatic rings. The van der Waals surface area contributed by atoms with Crippen molar-refractivity contribution in [1.29, 1.82) is 0 Å². The molecule has 0 saturated heterocycles. The quantitative estimate of drug-likeness (QED) is 0.0268. The molecular formula is C52H80O6. The zero-order valence-electron chi connectivity index (χ0n) is 36.8. The number of hydrogen-bond acceptors (Lipinski definition) is 6. The van der Waals surface area contributed by atoms with Crippen LogP contribution in [-0.4, -0.2) is 37.2 Å². The lowest BCUT2D eigenvalue weighted by atomic mass is 10.1. The van der Waals surface area contributed by atoms with Gasteiger partial charge in [0.15, 0.2) is 6.10 Å². The molecule has 1 unspecified atom stereocenters. The van der Waals surface area contributed by atoms with E-state index in [0.29, 0.717) is 19.3 Å². The van der Waals surface area contributed by atoms with Crippen LogP contribution in [0.15, 0.2) is 122 Å². The van der Waals surface area contributed by atoms with Gasteiger partial charge in [0.05, 0.1) is 0 Å². The lowest BCUT2D eigenvalue weighted by Crippen LogP contribution is -2.30. The van der Waals surface area contributed by atoms with Crippen molar-refractivity contribution in [1.82, 2.24) is 0 Å². The summed E-state index contributed by atoms with van der Waals surface area (Å²) in [6.07, 6.45) is 62.0. The number of allylic oxidation sites excluding steroid dienone is 20. The Hall–Kier alpha value is -4.19. The summed E-state index contributed by atoms with van der Waals surface area (Å²) in [5, 5.41) is 0. The highest BCUT2D eigenvalue weighted by atomic mass is 16.6. The first-order chi connectivity index (χ1) is 28.5. The molecule has 6 nitrogen and oxygen atoms in total. The second-order valence-corrected chi connectivity index (χ2v) is 14.2. The van der Waals surface area contributed by atoms with Crippen LogP contribution in [0.5, 0.6) is 0 Å². The van der Waals surface area contributed by atoms with Gasteiger partial charge in [-0.3, -0.25) is 14.4 Å². The number of carbonyl (C=O) groups excluding carboxylic acids is 3. The van der Waals surface area contributed by atoms with E-state index in [2.05, 4.69) is 130 Å². The molecule has 0 aromatic carbocycles. The van der Waals surface area contributed by atoms with Gasteiger partial charge in [0.2, 0.25) is 0 Å². The fourth-order valence-electron chi connectivity index (χ4n) is 5.42. The van der Waals surface area contributed by atoms with Crippen molar-refractivity contribution < 1.29 is 28.6 Å². The fourth-order valence-corrected chi connectivity index (χ4v) is 5.42. The first-order valence-electron chi connectivity index (χ1n) is 22.5. The molecule has 324 valence electrons. The zero-order chi connectivity index (χ0) is 42.3. The standard InChI is InChI=1S/C52H80O6/c1-4-7-10-13-16-19-22-25-26-27-28-31-33-36-39-42-45-51(54)57-48-49(58-52(55)46-43-40-37-34-30-24-21-18-15-12-9-6-3)47-56-50(53)44-41-38-35-32-29-23-20-17-14-11-8-5-2/h7-12,16-21,25-26,28,30-31,34,36,39,49H,4-6,13-15,22-24,27,29,32-33,35,37-38,40-48H2,1-3H3/b10-7-,11-8-,12-9-,19-16-,20-17-,21-18-,26-25-,31-28-,34-30-,39-36-. The smallest absolute Gasteiger partial charge is 0.306 e. The van der Waals surface area contributed by atoms with E-state index in [1.807, 2.05) is 12.2 Å². The van der Waals surface area contributed by atoms with E-state index in [1.165, 1.54) is 0 Å². The average Bonchev–Trinajstić information content (AvgIpc) is 3.22. The highest BCUT2D eigenvalue weighted by Crippen LogP contribution is 2.11. The van der Waals surface area contributed by atoms with E-state index in [4.69, 9.17) is 14.2 Å². The minimum Gasteiger partial charge on any atom is -0.462 e. The van der Waals surface area contributed by atoms with Crippen molar-refractivity contribution in [2.24, 2.45) is 0 Å². The van der Waals surface area contributed by atoms with Crippen molar-refractivity contribution in [2.75, 3.05) is 13.2 Å². The van der Waals surface area contributed by atoms with Gasteiger partial charge in [-0.05, 0) is 109 Å². The summed E-state index contributed by atoms with van der Waals surface area (Å²) in [6.45, 7) is 6.14. The lowest BCUT2D eigenvalue weighted by molar-refractivity contribution is -0.166. The molecule has 0 fully saturated rings. The SMILES string of the molecule is CC/C=C\C/C=C\C/C=C\C/C=C\C/C=C\CCC(=O)OCC(COC(=O)CCCCCCC/C=C\C/C=C\CC)OC(=O)CCCC/C=C\C/C=C\C/C=C\CC. The van der Waals surface area contributed by atoms with E-state index < -0.39 is 6.10 Å². The predicted molar refractivity (Wildman–Crippen MR) is 246 cm³/mol. The summed E-state index contributed by atoms with van der Waals surface area (Å²) in [7, 11) is 0. The first kappa shape index (κ1) is 53.8. The number of carbonyl (C=O) groups is 3. The van der Waals surface area contributed by atoms with Crippen molar-refractivity contribution >= 4 is 17.9 Å². The van der Waals surface area contributed by atoms with Gasteiger partial charge in [-0.15, -0.1) is 0 Å².